The van der Waals surface area contributed by atoms with Crippen LogP contribution in [0.15, 0.2) is 60.0 Å². The standard InChI is InChI=1S/C19H17N3O3S/c1-2-16(13-6-4-3-5-7-13)18(23)21-19-20-17(12-26-19)14-8-10-15(11-9-14)22(24)25/h3-12,16H,2H2,1H3,(H,20,21,23)/t16-/m0/s1. The number of non-ortho nitro benzene ring substituents is 1. The third-order valence-corrected chi connectivity index (χ3v) is 4.79. The number of hydrogen-bond acceptors (Lipinski definition) is 5. The lowest BCUT2D eigenvalue weighted by Crippen LogP contribution is -2.20. The van der Waals surface area contributed by atoms with Gasteiger partial charge in [-0.15, -0.1) is 11.3 Å². The molecular formula is C19H17N3O3S. The van der Waals surface area contributed by atoms with Crippen molar-refractivity contribution in [3.63, 3.8) is 0 Å². The van der Waals surface area contributed by atoms with E-state index in [-0.39, 0.29) is 17.5 Å². The van der Waals surface area contributed by atoms with E-state index in [1.54, 1.807) is 12.1 Å². The number of thiazole rings is 1. The number of rotatable bonds is 6. The van der Waals surface area contributed by atoms with Crippen molar-refractivity contribution < 1.29 is 9.72 Å². The van der Waals surface area contributed by atoms with Gasteiger partial charge in [-0.3, -0.25) is 14.9 Å². The zero-order valence-electron chi connectivity index (χ0n) is 14.1. The molecule has 132 valence electrons. The highest BCUT2D eigenvalue weighted by Gasteiger charge is 2.19. The Hall–Kier alpha value is -3.06. The zero-order valence-corrected chi connectivity index (χ0v) is 14.9. The van der Waals surface area contributed by atoms with E-state index >= 15 is 0 Å². The van der Waals surface area contributed by atoms with Crippen molar-refractivity contribution in [1.82, 2.24) is 4.98 Å². The van der Waals surface area contributed by atoms with Gasteiger partial charge in [0.25, 0.3) is 5.69 Å². The molecule has 1 atom stereocenters. The predicted molar refractivity (Wildman–Crippen MR) is 102 cm³/mol. The number of nitrogens with one attached hydrogen (secondary N) is 1. The van der Waals surface area contributed by atoms with Crippen molar-refractivity contribution >= 4 is 28.1 Å². The molecule has 0 aliphatic carbocycles. The van der Waals surface area contributed by atoms with Gasteiger partial charge in [0, 0.05) is 23.1 Å². The smallest absolute Gasteiger partial charge is 0.269 e. The monoisotopic (exact) mass is 367 g/mol. The average molecular weight is 367 g/mol. The highest BCUT2D eigenvalue weighted by Crippen LogP contribution is 2.28. The summed E-state index contributed by atoms with van der Waals surface area (Å²) in [5.74, 6) is -0.328. The number of nitro groups is 1. The van der Waals surface area contributed by atoms with Crippen molar-refractivity contribution in [3.8, 4) is 11.3 Å². The molecular weight excluding hydrogens is 350 g/mol. The van der Waals surface area contributed by atoms with E-state index in [9.17, 15) is 14.9 Å². The predicted octanol–water partition coefficient (Wildman–Crippen LogP) is 4.85. The molecule has 3 aromatic rings. The van der Waals surface area contributed by atoms with Crippen molar-refractivity contribution in [1.29, 1.82) is 0 Å². The van der Waals surface area contributed by atoms with Gasteiger partial charge in [0.1, 0.15) is 0 Å². The average Bonchev–Trinajstić information content (AvgIpc) is 3.11. The highest BCUT2D eigenvalue weighted by molar-refractivity contribution is 7.14. The molecule has 0 spiro atoms. The molecule has 0 bridgehead atoms. The third-order valence-electron chi connectivity index (χ3n) is 4.03. The number of carbonyl (C=O) groups is 1. The number of aromatic nitrogens is 1. The molecule has 3 rings (SSSR count). The Kier molecular flexibility index (Phi) is 5.38. The van der Waals surface area contributed by atoms with Gasteiger partial charge in [-0.25, -0.2) is 4.98 Å². The van der Waals surface area contributed by atoms with Crippen molar-refractivity contribution in [3.05, 3.63) is 75.7 Å². The van der Waals surface area contributed by atoms with Crippen LogP contribution in [0.2, 0.25) is 0 Å². The summed E-state index contributed by atoms with van der Waals surface area (Å²) >= 11 is 1.33. The van der Waals surface area contributed by atoms with Crippen LogP contribution < -0.4 is 5.32 Å². The van der Waals surface area contributed by atoms with Crippen LogP contribution in [-0.2, 0) is 4.79 Å². The number of nitrogens with zero attached hydrogens (tertiary/aromatic N) is 2. The summed E-state index contributed by atoms with van der Waals surface area (Å²) < 4.78 is 0. The summed E-state index contributed by atoms with van der Waals surface area (Å²) in [7, 11) is 0. The Morgan fingerprint density at radius 2 is 1.88 bits per heavy atom. The first kappa shape index (κ1) is 17.8. The van der Waals surface area contributed by atoms with Crippen LogP contribution in [0.5, 0.6) is 0 Å². The maximum atomic E-state index is 12.6. The number of anilines is 1. The summed E-state index contributed by atoms with van der Waals surface area (Å²) in [4.78, 5) is 27.3. The zero-order chi connectivity index (χ0) is 18.5. The van der Waals surface area contributed by atoms with Crippen LogP contribution >= 0.6 is 11.3 Å². The molecule has 0 saturated carbocycles. The topological polar surface area (TPSA) is 85.1 Å². The second-order valence-electron chi connectivity index (χ2n) is 5.70. The minimum atomic E-state index is -0.440. The van der Waals surface area contributed by atoms with Gasteiger partial charge in [-0.1, -0.05) is 37.3 Å². The minimum absolute atomic E-state index is 0.0335. The Balaban J connectivity index is 1.73. The van der Waals surface area contributed by atoms with Gasteiger partial charge in [0.05, 0.1) is 16.5 Å². The third kappa shape index (κ3) is 3.94. The van der Waals surface area contributed by atoms with E-state index in [1.165, 1.54) is 23.5 Å². The van der Waals surface area contributed by atoms with E-state index in [4.69, 9.17) is 0 Å². The Bertz CT molecular complexity index is 907. The van der Waals surface area contributed by atoms with Crippen LogP contribution in [0, 0.1) is 10.1 Å². The van der Waals surface area contributed by atoms with Crippen molar-refractivity contribution in [2.45, 2.75) is 19.3 Å². The Labute approximate surface area is 154 Å². The van der Waals surface area contributed by atoms with Crippen LogP contribution in [0.1, 0.15) is 24.8 Å². The van der Waals surface area contributed by atoms with Crippen LogP contribution in [0.4, 0.5) is 10.8 Å². The number of hydrogen-bond donors (Lipinski definition) is 1. The van der Waals surface area contributed by atoms with Gasteiger partial charge in [-0.05, 0) is 24.1 Å². The van der Waals surface area contributed by atoms with Crippen LogP contribution in [0.3, 0.4) is 0 Å². The molecule has 0 fully saturated rings. The number of nitro benzene ring substituents is 1. The Morgan fingerprint density at radius 3 is 2.50 bits per heavy atom. The van der Waals surface area contributed by atoms with Gasteiger partial charge >= 0.3 is 0 Å². The molecule has 6 nitrogen and oxygen atoms in total. The number of benzene rings is 2. The maximum absolute atomic E-state index is 12.6. The molecule has 2 aromatic carbocycles. The lowest BCUT2D eigenvalue weighted by atomic mass is 9.96. The van der Waals surface area contributed by atoms with E-state index in [0.29, 0.717) is 17.2 Å². The van der Waals surface area contributed by atoms with E-state index in [0.717, 1.165) is 11.1 Å². The van der Waals surface area contributed by atoms with Gasteiger partial charge in [0.15, 0.2) is 5.13 Å². The highest BCUT2D eigenvalue weighted by atomic mass is 32.1. The summed E-state index contributed by atoms with van der Waals surface area (Å²) in [6, 6.07) is 15.8. The summed E-state index contributed by atoms with van der Waals surface area (Å²) in [5, 5.41) is 15.9. The van der Waals surface area contributed by atoms with Gasteiger partial charge in [0.2, 0.25) is 5.91 Å². The first-order valence-electron chi connectivity index (χ1n) is 8.14. The summed E-state index contributed by atoms with van der Waals surface area (Å²) in [5.41, 5.74) is 2.45. The molecule has 0 radical (unpaired) electrons. The van der Waals surface area contributed by atoms with E-state index in [2.05, 4.69) is 10.3 Å². The largest absolute Gasteiger partial charge is 0.301 e. The molecule has 1 N–H and O–H groups in total. The minimum Gasteiger partial charge on any atom is -0.301 e. The molecule has 0 unspecified atom stereocenters. The summed E-state index contributed by atoms with van der Waals surface area (Å²) in [6.45, 7) is 1.97. The first-order chi connectivity index (χ1) is 12.6. The maximum Gasteiger partial charge on any atom is 0.269 e. The number of carbonyl (C=O) groups excluding carboxylic acids is 1. The molecule has 1 heterocycles. The molecule has 1 amide bonds. The summed E-state index contributed by atoms with van der Waals surface area (Å²) in [6.07, 6.45) is 0.691. The van der Waals surface area contributed by atoms with Crippen molar-refractivity contribution in [2.75, 3.05) is 5.32 Å². The molecule has 7 heteroatoms. The van der Waals surface area contributed by atoms with Crippen LogP contribution in [0.25, 0.3) is 11.3 Å². The lowest BCUT2D eigenvalue weighted by molar-refractivity contribution is -0.384. The first-order valence-corrected chi connectivity index (χ1v) is 9.02. The lowest BCUT2D eigenvalue weighted by Gasteiger charge is -2.14. The second-order valence-corrected chi connectivity index (χ2v) is 6.56. The molecule has 0 saturated heterocycles. The fraction of sp³-hybridized carbons (Fsp3) is 0.158. The van der Waals surface area contributed by atoms with Gasteiger partial charge in [-0.2, -0.15) is 0 Å². The normalized spacial score (nSPS) is 11.7. The molecule has 1 aromatic heterocycles. The van der Waals surface area contributed by atoms with E-state index < -0.39 is 4.92 Å². The SMILES string of the molecule is CC[C@H](C(=O)Nc1nc(-c2ccc([N+](=O)[O-])cc2)cs1)c1ccccc1. The Morgan fingerprint density at radius 1 is 1.19 bits per heavy atom. The fourth-order valence-corrected chi connectivity index (χ4v) is 3.39. The quantitative estimate of drug-likeness (QED) is 0.498. The van der Waals surface area contributed by atoms with Crippen molar-refractivity contribution in [2.24, 2.45) is 0 Å². The van der Waals surface area contributed by atoms with Gasteiger partial charge < -0.3 is 5.32 Å². The molecule has 0 aliphatic heterocycles. The molecule has 26 heavy (non-hydrogen) atoms. The number of amides is 1. The van der Waals surface area contributed by atoms with E-state index in [1.807, 2.05) is 42.6 Å². The second kappa shape index (κ2) is 7.88. The van der Waals surface area contributed by atoms with Crippen LogP contribution in [-0.4, -0.2) is 15.8 Å². The molecule has 0 aliphatic rings. The fourth-order valence-electron chi connectivity index (χ4n) is 2.67.